The zero-order chi connectivity index (χ0) is 13.3. The van der Waals surface area contributed by atoms with E-state index in [9.17, 15) is 0 Å². The van der Waals surface area contributed by atoms with Crippen molar-refractivity contribution in [3.63, 3.8) is 0 Å². The van der Waals surface area contributed by atoms with Gasteiger partial charge in [0.25, 0.3) is 0 Å². The molecule has 1 fully saturated rings. The summed E-state index contributed by atoms with van der Waals surface area (Å²) in [5, 5.41) is 1.20. The first-order valence-corrected chi connectivity index (χ1v) is 8.26. The fourth-order valence-electron chi connectivity index (χ4n) is 2.54. The lowest BCUT2D eigenvalue weighted by molar-refractivity contribution is 0.482. The van der Waals surface area contributed by atoms with E-state index in [4.69, 9.17) is 4.98 Å². The third kappa shape index (κ3) is 2.85. The zero-order valence-electron chi connectivity index (χ0n) is 11.9. The molecular weight excluding hydrogens is 260 g/mol. The number of piperidine rings is 1. The Bertz CT molecular complexity index is 406. The minimum absolute atomic E-state index is 0.117. The van der Waals surface area contributed by atoms with Gasteiger partial charge in [-0.15, -0.1) is 11.3 Å². The molecule has 4 heteroatoms. The number of thiol groups is 1. The van der Waals surface area contributed by atoms with E-state index in [-0.39, 0.29) is 5.41 Å². The van der Waals surface area contributed by atoms with Gasteiger partial charge in [-0.25, -0.2) is 4.98 Å². The van der Waals surface area contributed by atoms with E-state index < -0.39 is 0 Å². The largest absolute Gasteiger partial charge is 0.345 e. The summed E-state index contributed by atoms with van der Waals surface area (Å²) in [5.74, 6) is 0.798. The molecule has 2 nitrogen and oxygen atoms in total. The molecule has 0 N–H and O–H groups in total. The number of anilines is 1. The van der Waals surface area contributed by atoms with Crippen molar-refractivity contribution in [2.75, 3.05) is 11.4 Å². The first-order valence-electron chi connectivity index (χ1n) is 6.81. The standard InChI is InChI=1S/C14H24N2S2/c1-10-7-5-6-8-16(10)13-15-12(14(2,3)4)11(9-17)18-13/h10,17H,5-9H2,1-4H3. The van der Waals surface area contributed by atoms with Crippen LogP contribution in [-0.2, 0) is 11.2 Å². The van der Waals surface area contributed by atoms with Crippen LogP contribution in [0.3, 0.4) is 0 Å². The Balaban J connectivity index is 2.31. The second-order valence-electron chi connectivity index (χ2n) is 6.21. The highest BCUT2D eigenvalue weighted by molar-refractivity contribution is 7.79. The van der Waals surface area contributed by atoms with Gasteiger partial charge in [-0.2, -0.15) is 12.6 Å². The van der Waals surface area contributed by atoms with E-state index in [0.29, 0.717) is 6.04 Å². The first-order chi connectivity index (χ1) is 8.43. The number of aromatic nitrogens is 1. The Kier molecular flexibility index (Phi) is 4.27. The van der Waals surface area contributed by atoms with E-state index in [1.54, 1.807) is 0 Å². The van der Waals surface area contributed by atoms with Crippen molar-refractivity contribution in [1.82, 2.24) is 4.98 Å². The Labute approximate surface area is 120 Å². The third-order valence-electron chi connectivity index (χ3n) is 3.59. The molecule has 1 saturated heterocycles. The third-order valence-corrected chi connectivity index (χ3v) is 5.21. The summed E-state index contributed by atoms with van der Waals surface area (Å²) in [6.07, 6.45) is 3.94. The minimum Gasteiger partial charge on any atom is -0.345 e. The highest BCUT2D eigenvalue weighted by Gasteiger charge is 2.27. The smallest absolute Gasteiger partial charge is 0.186 e. The second-order valence-corrected chi connectivity index (χ2v) is 7.59. The molecule has 0 aliphatic carbocycles. The topological polar surface area (TPSA) is 16.1 Å². The summed E-state index contributed by atoms with van der Waals surface area (Å²) >= 11 is 6.30. The minimum atomic E-state index is 0.117. The number of hydrogen-bond donors (Lipinski definition) is 1. The summed E-state index contributed by atoms with van der Waals surface area (Å²) in [4.78, 5) is 8.74. The molecule has 1 aromatic heterocycles. The van der Waals surface area contributed by atoms with Gasteiger partial charge < -0.3 is 4.90 Å². The molecule has 0 saturated carbocycles. The van der Waals surface area contributed by atoms with Crippen LogP contribution in [0.15, 0.2) is 0 Å². The van der Waals surface area contributed by atoms with Crippen LogP contribution in [0.2, 0.25) is 0 Å². The first kappa shape index (κ1) is 14.2. The Morgan fingerprint density at radius 3 is 2.61 bits per heavy atom. The van der Waals surface area contributed by atoms with Gasteiger partial charge in [-0.3, -0.25) is 0 Å². The molecule has 0 bridgehead atoms. The van der Waals surface area contributed by atoms with Crippen LogP contribution >= 0.6 is 24.0 Å². The van der Waals surface area contributed by atoms with Crippen LogP contribution in [0.5, 0.6) is 0 Å². The molecule has 0 radical (unpaired) electrons. The van der Waals surface area contributed by atoms with Crippen LogP contribution in [0.25, 0.3) is 0 Å². The van der Waals surface area contributed by atoms with Gasteiger partial charge in [0.05, 0.1) is 5.69 Å². The maximum atomic E-state index is 4.92. The molecule has 1 aliphatic rings. The van der Waals surface area contributed by atoms with Gasteiger partial charge in [-0.1, -0.05) is 20.8 Å². The normalized spacial score (nSPS) is 21.4. The second kappa shape index (κ2) is 5.41. The molecule has 0 spiro atoms. The summed E-state index contributed by atoms with van der Waals surface area (Å²) < 4.78 is 0. The monoisotopic (exact) mass is 284 g/mol. The van der Waals surface area contributed by atoms with Crippen LogP contribution in [0, 0.1) is 0 Å². The van der Waals surface area contributed by atoms with Crippen molar-refractivity contribution in [2.45, 2.75) is 64.2 Å². The van der Waals surface area contributed by atoms with Gasteiger partial charge >= 0.3 is 0 Å². The lowest BCUT2D eigenvalue weighted by Gasteiger charge is -2.33. The quantitative estimate of drug-likeness (QED) is 0.817. The van der Waals surface area contributed by atoms with E-state index in [1.165, 1.54) is 35.0 Å². The average Bonchev–Trinajstić information content (AvgIpc) is 2.73. The summed E-state index contributed by atoms with van der Waals surface area (Å²) in [6.45, 7) is 10.2. The Morgan fingerprint density at radius 2 is 2.11 bits per heavy atom. The van der Waals surface area contributed by atoms with E-state index in [1.807, 2.05) is 11.3 Å². The predicted octanol–water partition coefficient (Wildman–Crippen LogP) is 4.25. The highest BCUT2D eigenvalue weighted by Crippen LogP contribution is 2.36. The lowest BCUT2D eigenvalue weighted by atomic mass is 9.91. The SMILES string of the molecule is CC1CCCCN1c1nc(C(C)(C)C)c(CS)s1. The van der Waals surface area contributed by atoms with Crippen LogP contribution in [0.1, 0.15) is 57.5 Å². The van der Waals surface area contributed by atoms with Crippen molar-refractivity contribution < 1.29 is 0 Å². The zero-order valence-corrected chi connectivity index (χ0v) is 13.6. The summed E-state index contributed by atoms with van der Waals surface area (Å²) in [6, 6.07) is 0.630. The van der Waals surface area contributed by atoms with Gasteiger partial charge in [0.15, 0.2) is 5.13 Å². The Hall–Kier alpha value is -0.220. The Morgan fingerprint density at radius 1 is 1.39 bits per heavy atom. The van der Waals surface area contributed by atoms with Crippen LogP contribution < -0.4 is 4.90 Å². The predicted molar refractivity (Wildman–Crippen MR) is 84.2 cm³/mol. The maximum absolute atomic E-state index is 4.92. The van der Waals surface area contributed by atoms with Crippen LogP contribution in [-0.4, -0.2) is 17.6 Å². The fourth-order valence-corrected chi connectivity index (χ4v) is 4.14. The molecule has 18 heavy (non-hydrogen) atoms. The van der Waals surface area contributed by atoms with Crippen molar-refractivity contribution in [1.29, 1.82) is 0 Å². The van der Waals surface area contributed by atoms with E-state index >= 15 is 0 Å². The molecule has 1 aromatic rings. The number of rotatable bonds is 2. The molecule has 2 heterocycles. The molecule has 1 aliphatic heterocycles. The molecule has 102 valence electrons. The van der Waals surface area contributed by atoms with Crippen molar-refractivity contribution >= 4 is 29.1 Å². The van der Waals surface area contributed by atoms with Gasteiger partial charge in [-0.05, 0) is 26.2 Å². The fraction of sp³-hybridized carbons (Fsp3) is 0.786. The van der Waals surface area contributed by atoms with Crippen molar-refractivity contribution in [3.8, 4) is 0 Å². The average molecular weight is 284 g/mol. The van der Waals surface area contributed by atoms with Crippen molar-refractivity contribution in [2.24, 2.45) is 0 Å². The number of hydrogen-bond acceptors (Lipinski definition) is 4. The number of nitrogens with zero attached hydrogens (tertiary/aromatic N) is 2. The van der Waals surface area contributed by atoms with Crippen molar-refractivity contribution in [3.05, 3.63) is 10.6 Å². The van der Waals surface area contributed by atoms with E-state index in [2.05, 4.69) is 45.2 Å². The highest BCUT2D eigenvalue weighted by atomic mass is 32.1. The molecule has 1 atom stereocenters. The summed E-state index contributed by atoms with van der Waals surface area (Å²) in [5.41, 5.74) is 1.35. The molecule has 0 amide bonds. The molecule has 0 aromatic carbocycles. The lowest BCUT2D eigenvalue weighted by Crippen LogP contribution is -2.37. The van der Waals surface area contributed by atoms with Gasteiger partial charge in [0.2, 0.25) is 0 Å². The molecular formula is C14H24N2S2. The van der Waals surface area contributed by atoms with Gasteiger partial charge in [0, 0.05) is 28.6 Å². The maximum Gasteiger partial charge on any atom is 0.186 e. The molecule has 1 unspecified atom stereocenters. The van der Waals surface area contributed by atoms with E-state index in [0.717, 1.165) is 12.3 Å². The summed E-state index contributed by atoms with van der Waals surface area (Å²) in [7, 11) is 0. The van der Waals surface area contributed by atoms with Crippen LogP contribution in [0.4, 0.5) is 5.13 Å². The number of thiazole rings is 1. The molecule has 2 rings (SSSR count). The van der Waals surface area contributed by atoms with Gasteiger partial charge in [0.1, 0.15) is 0 Å².